The van der Waals surface area contributed by atoms with E-state index in [1.807, 2.05) is 5.43 Å². The van der Waals surface area contributed by atoms with E-state index < -0.39 is 6.16 Å². The standard InChI is InChI=1S/C2H4N2O3S/c3-4-1(8)7-2(5)6/h3H2,(H,4,8)(H,5,6). The zero-order valence-electron chi connectivity index (χ0n) is 3.75. The van der Waals surface area contributed by atoms with E-state index in [4.69, 9.17) is 5.11 Å². The lowest BCUT2D eigenvalue weighted by Crippen LogP contribution is -2.31. The normalized spacial score (nSPS) is 7.62. The number of carbonyl (C=O) groups is 1. The van der Waals surface area contributed by atoms with Crippen LogP contribution >= 0.6 is 12.2 Å². The molecule has 0 atom stereocenters. The van der Waals surface area contributed by atoms with E-state index in [1.54, 1.807) is 0 Å². The third-order valence-electron chi connectivity index (χ3n) is 0.298. The van der Waals surface area contributed by atoms with Crippen molar-refractivity contribution in [3.05, 3.63) is 0 Å². The molecular formula is C2H4N2O3S. The maximum Gasteiger partial charge on any atom is 0.513 e. The maximum atomic E-state index is 9.56. The highest BCUT2D eigenvalue weighted by Gasteiger charge is 1.98. The van der Waals surface area contributed by atoms with Crippen molar-refractivity contribution in [2.45, 2.75) is 0 Å². The lowest BCUT2D eigenvalue weighted by Gasteiger charge is -1.96. The number of hydrogen-bond donors (Lipinski definition) is 3. The number of rotatable bonds is 0. The molecule has 0 aliphatic rings. The van der Waals surface area contributed by atoms with Gasteiger partial charge in [0.1, 0.15) is 0 Å². The monoisotopic (exact) mass is 136 g/mol. The Labute approximate surface area is 50.4 Å². The lowest BCUT2D eigenvalue weighted by molar-refractivity contribution is 0.140. The van der Waals surface area contributed by atoms with Crippen LogP contribution in [0.5, 0.6) is 0 Å². The molecule has 4 N–H and O–H groups in total. The van der Waals surface area contributed by atoms with Crippen LogP contribution in [0.2, 0.25) is 0 Å². The molecule has 5 nitrogen and oxygen atoms in total. The zero-order chi connectivity index (χ0) is 6.57. The molecule has 0 bridgehead atoms. The summed E-state index contributed by atoms with van der Waals surface area (Å²) in [5.74, 6) is 4.64. The van der Waals surface area contributed by atoms with Gasteiger partial charge in [-0.1, -0.05) is 0 Å². The van der Waals surface area contributed by atoms with E-state index in [0.717, 1.165) is 0 Å². The van der Waals surface area contributed by atoms with E-state index >= 15 is 0 Å². The number of carboxylic acid groups (broad SMARTS) is 1. The van der Waals surface area contributed by atoms with Crippen molar-refractivity contribution in [1.29, 1.82) is 0 Å². The molecule has 0 fully saturated rings. The van der Waals surface area contributed by atoms with E-state index in [2.05, 4.69) is 22.8 Å². The quantitative estimate of drug-likeness (QED) is 0.179. The first-order valence-corrected chi connectivity index (χ1v) is 1.99. The van der Waals surface area contributed by atoms with E-state index in [0.29, 0.717) is 0 Å². The van der Waals surface area contributed by atoms with Gasteiger partial charge < -0.3 is 9.84 Å². The summed E-state index contributed by atoms with van der Waals surface area (Å²) in [4.78, 5) is 9.56. The van der Waals surface area contributed by atoms with Crippen LogP contribution < -0.4 is 11.3 Å². The van der Waals surface area contributed by atoms with Crippen molar-refractivity contribution in [1.82, 2.24) is 5.43 Å². The van der Waals surface area contributed by atoms with Crippen molar-refractivity contribution in [2.24, 2.45) is 5.84 Å². The molecule has 0 aliphatic carbocycles. The second-order valence-corrected chi connectivity index (χ2v) is 1.17. The number of nitrogens with two attached hydrogens (primary N) is 1. The van der Waals surface area contributed by atoms with Crippen LogP contribution in [0.15, 0.2) is 0 Å². The minimum atomic E-state index is -1.48. The highest BCUT2D eigenvalue weighted by Crippen LogP contribution is 1.74. The van der Waals surface area contributed by atoms with Crippen LogP contribution in [0, 0.1) is 0 Å². The topological polar surface area (TPSA) is 84.6 Å². The fourth-order valence-electron chi connectivity index (χ4n) is 0.109. The molecule has 6 heteroatoms. The smallest absolute Gasteiger partial charge is 0.449 e. The van der Waals surface area contributed by atoms with Crippen LogP contribution in [0.4, 0.5) is 4.79 Å². The minimum Gasteiger partial charge on any atom is -0.449 e. The number of thiocarbonyl (C=S) groups is 1. The van der Waals surface area contributed by atoms with Crippen LogP contribution in [0.25, 0.3) is 0 Å². The lowest BCUT2D eigenvalue weighted by atomic mass is 11.2. The second kappa shape index (κ2) is 3.16. The van der Waals surface area contributed by atoms with E-state index in [1.165, 1.54) is 0 Å². The number of hydrogen-bond acceptors (Lipinski definition) is 4. The van der Waals surface area contributed by atoms with Crippen molar-refractivity contribution in [2.75, 3.05) is 0 Å². The largest absolute Gasteiger partial charge is 0.513 e. The molecule has 0 aromatic carbocycles. The fraction of sp³-hybridized carbons (Fsp3) is 0. The highest BCUT2D eigenvalue weighted by molar-refractivity contribution is 7.80. The van der Waals surface area contributed by atoms with Gasteiger partial charge in [0, 0.05) is 0 Å². The van der Waals surface area contributed by atoms with Gasteiger partial charge in [0.15, 0.2) is 0 Å². The van der Waals surface area contributed by atoms with Gasteiger partial charge in [-0.05, 0) is 12.2 Å². The molecule has 0 saturated carbocycles. The van der Waals surface area contributed by atoms with Gasteiger partial charge in [-0.15, -0.1) is 0 Å². The van der Waals surface area contributed by atoms with Gasteiger partial charge in [0.25, 0.3) is 5.17 Å². The summed E-state index contributed by atoms with van der Waals surface area (Å²) in [6.07, 6.45) is -1.48. The molecule has 0 aromatic heterocycles. The molecule has 0 aliphatic heterocycles. The van der Waals surface area contributed by atoms with Gasteiger partial charge in [-0.3, -0.25) is 5.43 Å². The fourth-order valence-corrected chi connectivity index (χ4v) is 0.180. The predicted molar refractivity (Wildman–Crippen MR) is 29.0 cm³/mol. The van der Waals surface area contributed by atoms with Crippen molar-refractivity contribution in [3.63, 3.8) is 0 Å². The Morgan fingerprint density at radius 3 is 2.50 bits per heavy atom. The Morgan fingerprint density at radius 2 is 2.38 bits per heavy atom. The van der Waals surface area contributed by atoms with Gasteiger partial charge in [0.2, 0.25) is 0 Å². The van der Waals surface area contributed by atoms with Crippen LogP contribution in [0.1, 0.15) is 0 Å². The van der Waals surface area contributed by atoms with Gasteiger partial charge >= 0.3 is 6.16 Å². The molecule has 0 spiro atoms. The number of ether oxygens (including phenoxy) is 1. The summed E-state index contributed by atoms with van der Waals surface area (Å²) in [5, 5.41) is 7.45. The summed E-state index contributed by atoms with van der Waals surface area (Å²) in [6.45, 7) is 0. The minimum absolute atomic E-state index is 0.363. The van der Waals surface area contributed by atoms with Crippen LogP contribution in [-0.4, -0.2) is 16.4 Å². The van der Waals surface area contributed by atoms with Gasteiger partial charge in [-0.25, -0.2) is 10.6 Å². The summed E-state index contributed by atoms with van der Waals surface area (Å²) in [5.41, 5.74) is 1.82. The molecule has 0 radical (unpaired) electrons. The predicted octanol–water partition coefficient (Wildman–Crippen LogP) is -0.571. The second-order valence-electron chi connectivity index (χ2n) is 0.800. The van der Waals surface area contributed by atoms with E-state index in [-0.39, 0.29) is 5.17 Å². The van der Waals surface area contributed by atoms with Gasteiger partial charge in [-0.2, -0.15) is 0 Å². The Morgan fingerprint density at radius 1 is 1.88 bits per heavy atom. The first kappa shape index (κ1) is 7.12. The molecule has 0 saturated heterocycles. The Hall–Kier alpha value is -0.880. The molecule has 8 heavy (non-hydrogen) atoms. The summed E-state index contributed by atoms with van der Waals surface area (Å²) in [7, 11) is 0. The zero-order valence-corrected chi connectivity index (χ0v) is 4.57. The third kappa shape index (κ3) is 3.32. The van der Waals surface area contributed by atoms with Gasteiger partial charge in [0.05, 0.1) is 0 Å². The summed E-state index contributed by atoms with van der Waals surface area (Å²) < 4.78 is 3.81. The Bertz CT molecular complexity index is 114. The van der Waals surface area contributed by atoms with E-state index in [9.17, 15) is 4.79 Å². The molecule has 0 amide bonds. The van der Waals surface area contributed by atoms with Crippen molar-refractivity contribution in [3.8, 4) is 0 Å². The first-order valence-electron chi connectivity index (χ1n) is 1.58. The molecular weight excluding hydrogens is 132 g/mol. The SMILES string of the molecule is NNC(=S)OC(=O)O. The molecule has 0 rings (SSSR count). The van der Waals surface area contributed by atoms with Crippen molar-refractivity contribution < 1.29 is 14.6 Å². The maximum absolute atomic E-state index is 9.56. The number of nitrogens with one attached hydrogen (secondary N) is 1. The average molecular weight is 136 g/mol. The highest BCUT2D eigenvalue weighted by atomic mass is 32.1. The van der Waals surface area contributed by atoms with Crippen LogP contribution in [-0.2, 0) is 4.74 Å². The van der Waals surface area contributed by atoms with Crippen LogP contribution in [0.3, 0.4) is 0 Å². The first-order chi connectivity index (χ1) is 3.66. The summed E-state index contributed by atoms with van der Waals surface area (Å²) >= 11 is 4.19. The third-order valence-corrected chi connectivity index (χ3v) is 0.499. The van der Waals surface area contributed by atoms with Crippen molar-refractivity contribution >= 4 is 23.5 Å². The Balaban J connectivity index is 3.40. The molecule has 0 heterocycles. The molecule has 46 valence electrons. The average Bonchev–Trinajstić information content (AvgIpc) is 1.65. The Kier molecular flexibility index (Phi) is 2.82. The number of hydrazine groups is 1. The summed E-state index contributed by atoms with van der Waals surface area (Å²) in [6, 6.07) is 0. The molecule has 0 unspecified atom stereocenters. The molecule has 0 aromatic rings.